The molecule has 0 radical (unpaired) electrons. The number of aliphatic hydroxyl groups is 1. The summed E-state index contributed by atoms with van der Waals surface area (Å²) in [6.07, 6.45) is 2.70. The van der Waals surface area contributed by atoms with Gasteiger partial charge in [0.15, 0.2) is 0 Å². The zero-order valence-electron chi connectivity index (χ0n) is 10.2. The molecule has 94 valence electrons. The minimum absolute atomic E-state index is 0.439. The molecule has 0 saturated carbocycles. The van der Waals surface area contributed by atoms with Crippen LogP contribution in [-0.2, 0) is 6.54 Å². The van der Waals surface area contributed by atoms with Crippen LogP contribution in [0.15, 0.2) is 24.4 Å². The first-order valence-electron chi connectivity index (χ1n) is 6.17. The van der Waals surface area contributed by atoms with Gasteiger partial charge in [-0.05, 0) is 43.5 Å². The number of halogens is 1. The zero-order valence-corrected chi connectivity index (χ0v) is 10.2. The first-order chi connectivity index (χ1) is 8.68. The van der Waals surface area contributed by atoms with Gasteiger partial charge in [-0.25, -0.2) is 4.98 Å². The van der Waals surface area contributed by atoms with Crippen LogP contribution < -0.4 is 0 Å². The summed E-state index contributed by atoms with van der Waals surface area (Å²) in [4.78, 5) is 3.70. The molecule has 0 bridgehead atoms. The Labute approximate surface area is 105 Å². The highest BCUT2D eigenvalue weighted by atomic mass is 19.1. The Balaban J connectivity index is 2.22. The lowest BCUT2D eigenvalue weighted by molar-refractivity contribution is 0.139. The van der Waals surface area contributed by atoms with Crippen molar-refractivity contribution >= 4 is 0 Å². The monoisotopic (exact) mass is 246 g/mol. The average Bonchev–Trinajstić information content (AvgIpc) is 2.68. The van der Waals surface area contributed by atoms with Gasteiger partial charge in [0, 0.05) is 18.4 Å². The first kappa shape index (κ1) is 11.4. The molecule has 18 heavy (non-hydrogen) atoms. The van der Waals surface area contributed by atoms with Gasteiger partial charge >= 0.3 is 0 Å². The van der Waals surface area contributed by atoms with Crippen molar-refractivity contribution in [3.8, 4) is 11.3 Å². The Morgan fingerprint density at radius 2 is 2.33 bits per heavy atom. The molecule has 1 aliphatic heterocycles. The molecule has 0 saturated heterocycles. The molecular weight excluding hydrogens is 231 g/mol. The third-order valence-electron chi connectivity index (χ3n) is 3.53. The van der Waals surface area contributed by atoms with Crippen molar-refractivity contribution in [3.63, 3.8) is 0 Å². The standard InChI is InChI=1S/C14H15FN2O/c1-9-8-11-12(18)5-3-7-17(11)13(9)10-4-2-6-16-14(10)15/h2,4,6,8,12,18H,3,5,7H2,1H3. The van der Waals surface area contributed by atoms with E-state index >= 15 is 0 Å². The van der Waals surface area contributed by atoms with Gasteiger partial charge in [-0.15, -0.1) is 0 Å². The van der Waals surface area contributed by atoms with Crippen LogP contribution in [-0.4, -0.2) is 14.7 Å². The average molecular weight is 246 g/mol. The van der Waals surface area contributed by atoms with Gasteiger partial charge < -0.3 is 9.67 Å². The molecule has 2 aromatic rings. The van der Waals surface area contributed by atoms with Gasteiger partial charge in [0.2, 0.25) is 5.95 Å². The summed E-state index contributed by atoms with van der Waals surface area (Å²) in [5.41, 5.74) is 3.22. The minimum Gasteiger partial charge on any atom is -0.387 e. The fourth-order valence-corrected chi connectivity index (χ4v) is 2.74. The van der Waals surface area contributed by atoms with Crippen LogP contribution in [0.25, 0.3) is 11.3 Å². The van der Waals surface area contributed by atoms with Crippen molar-refractivity contribution in [2.45, 2.75) is 32.4 Å². The summed E-state index contributed by atoms with van der Waals surface area (Å²) in [6.45, 7) is 2.77. The predicted molar refractivity (Wildman–Crippen MR) is 66.6 cm³/mol. The first-order valence-corrected chi connectivity index (χ1v) is 6.17. The number of hydrogen-bond acceptors (Lipinski definition) is 2. The van der Waals surface area contributed by atoms with Crippen LogP contribution in [0, 0.1) is 12.9 Å². The van der Waals surface area contributed by atoms with Crippen LogP contribution >= 0.6 is 0 Å². The second kappa shape index (κ2) is 4.21. The van der Waals surface area contributed by atoms with Gasteiger partial charge in [0.25, 0.3) is 0 Å². The Morgan fingerprint density at radius 1 is 1.50 bits per heavy atom. The summed E-state index contributed by atoms with van der Waals surface area (Å²) in [6, 6.07) is 5.42. The Hall–Kier alpha value is -1.68. The fourth-order valence-electron chi connectivity index (χ4n) is 2.74. The zero-order chi connectivity index (χ0) is 12.7. The van der Waals surface area contributed by atoms with Gasteiger partial charge in [-0.2, -0.15) is 4.39 Å². The molecule has 1 atom stereocenters. The van der Waals surface area contributed by atoms with E-state index in [1.54, 1.807) is 12.1 Å². The summed E-state index contributed by atoms with van der Waals surface area (Å²) >= 11 is 0. The maximum atomic E-state index is 13.8. The largest absolute Gasteiger partial charge is 0.387 e. The maximum absolute atomic E-state index is 13.8. The number of pyridine rings is 1. The number of aromatic nitrogens is 2. The van der Waals surface area contributed by atoms with E-state index in [2.05, 4.69) is 4.98 Å². The van der Waals surface area contributed by atoms with E-state index in [-0.39, 0.29) is 0 Å². The summed E-state index contributed by atoms with van der Waals surface area (Å²) in [5.74, 6) is -0.457. The molecule has 0 amide bonds. The molecule has 3 rings (SSSR count). The second-order valence-corrected chi connectivity index (χ2v) is 4.75. The molecular formula is C14H15FN2O. The highest BCUT2D eigenvalue weighted by Gasteiger charge is 2.24. The van der Waals surface area contributed by atoms with Crippen molar-refractivity contribution in [1.29, 1.82) is 0 Å². The Bertz CT molecular complexity index is 591. The third kappa shape index (κ3) is 1.64. The fraction of sp³-hybridized carbons (Fsp3) is 0.357. The lowest BCUT2D eigenvalue weighted by Crippen LogP contribution is -2.15. The van der Waals surface area contributed by atoms with Crippen molar-refractivity contribution < 1.29 is 9.50 Å². The van der Waals surface area contributed by atoms with E-state index in [0.717, 1.165) is 36.3 Å². The smallest absolute Gasteiger partial charge is 0.222 e. The van der Waals surface area contributed by atoms with E-state index in [4.69, 9.17) is 0 Å². The van der Waals surface area contributed by atoms with Gasteiger partial charge in [-0.1, -0.05) is 0 Å². The summed E-state index contributed by atoms with van der Waals surface area (Å²) in [7, 11) is 0. The lowest BCUT2D eigenvalue weighted by Gasteiger charge is -2.22. The van der Waals surface area contributed by atoms with E-state index in [0.29, 0.717) is 5.56 Å². The number of fused-ring (bicyclic) bond motifs is 1. The van der Waals surface area contributed by atoms with Crippen LogP contribution in [0.3, 0.4) is 0 Å². The van der Waals surface area contributed by atoms with Gasteiger partial charge in [0.1, 0.15) is 0 Å². The Kier molecular flexibility index (Phi) is 2.67. The van der Waals surface area contributed by atoms with Crippen molar-refractivity contribution in [2.24, 2.45) is 0 Å². The van der Waals surface area contributed by atoms with E-state index in [1.165, 1.54) is 6.20 Å². The minimum atomic E-state index is -0.457. The molecule has 1 N–H and O–H groups in total. The van der Waals surface area contributed by atoms with Gasteiger partial charge in [0.05, 0.1) is 17.4 Å². The van der Waals surface area contributed by atoms with Crippen molar-refractivity contribution in [1.82, 2.24) is 9.55 Å². The molecule has 0 aliphatic carbocycles. The van der Waals surface area contributed by atoms with E-state index in [1.807, 2.05) is 17.6 Å². The quantitative estimate of drug-likeness (QED) is 0.786. The summed E-state index contributed by atoms with van der Waals surface area (Å²) < 4.78 is 15.8. The van der Waals surface area contributed by atoms with Crippen molar-refractivity contribution in [3.05, 3.63) is 41.6 Å². The molecule has 0 aromatic carbocycles. The van der Waals surface area contributed by atoms with Crippen LogP contribution in [0.4, 0.5) is 4.39 Å². The highest BCUT2D eigenvalue weighted by molar-refractivity contribution is 5.65. The molecule has 0 fully saturated rings. The van der Waals surface area contributed by atoms with E-state index < -0.39 is 12.1 Å². The number of aryl methyl sites for hydroxylation is 1. The molecule has 4 heteroatoms. The number of nitrogens with zero attached hydrogens (tertiary/aromatic N) is 2. The normalized spacial score (nSPS) is 18.7. The second-order valence-electron chi connectivity index (χ2n) is 4.75. The number of hydrogen-bond donors (Lipinski definition) is 1. The third-order valence-corrected chi connectivity index (χ3v) is 3.53. The van der Waals surface area contributed by atoms with Crippen LogP contribution in [0.5, 0.6) is 0 Å². The van der Waals surface area contributed by atoms with Crippen molar-refractivity contribution in [2.75, 3.05) is 0 Å². The molecule has 2 aromatic heterocycles. The highest BCUT2D eigenvalue weighted by Crippen LogP contribution is 2.35. The number of aliphatic hydroxyl groups excluding tert-OH is 1. The number of rotatable bonds is 1. The molecule has 1 aliphatic rings. The molecule has 3 heterocycles. The lowest BCUT2D eigenvalue weighted by atomic mass is 10.1. The topological polar surface area (TPSA) is 38.0 Å². The predicted octanol–water partition coefficient (Wildman–Crippen LogP) is 2.82. The van der Waals surface area contributed by atoms with Crippen LogP contribution in [0.1, 0.15) is 30.2 Å². The Morgan fingerprint density at radius 3 is 3.11 bits per heavy atom. The SMILES string of the molecule is Cc1cc2n(c1-c1cccnc1F)CCCC2O. The van der Waals surface area contributed by atoms with Crippen LogP contribution in [0.2, 0.25) is 0 Å². The molecule has 0 spiro atoms. The molecule has 3 nitrogen and oxygen atoms in total. The van der Waals surface area contributed by atoms with Gasteiger partial charge in [-0.3, -0.25) is 0 Å². The molecule has 1 unspecified atom stereocenters. The van der Waals surface area contributed by atoms with E-state index in [9.17, 15) is 9.50 Å². The summed E-state index contributed by atoms with van der Waals surface area (Å²) in [5, 5.41) is 9.99. The maximum Gasteiger partial charge on any atom is 0.222 e.